The Kier molecular flexibility index (Phi) is 2.72. The minimum Gasteiger partial charge on any atom is -0.303 e. The standard InChI is InChI=1S/C15H21N/c1-16-10-6-5-9-15(16)14-11-13(14)12-7-3-2-4-8-12/h2-4,7-8,13-15H,5-6,9-11H2,1H3. The topological polar surface area (TPSA) is 3.24 Å². The number of benzene rings is 1. The van der Waals surface area contributed by atoms with Gasteiger partial charge in [-0.2, -0.15) is 0 Å². The molecule has 0 radical (unpaired) electrons. The molecule has 0 amide bonds. The molecule has 0 aromatic heterocycles. The summed E-state index contributed by atoms with van der Waals surface area (Å²) in [6.45, 7) is 1.31. The van der Waals surface area contributed by atoms with Gasteiger partial charge in [0.25, 0.3) is 0 Å². The average molecular weight is 215 g/mol. The molecule has 1 aromatic carbocycles. The first kappa shape index (κ1) is 10.3. The number of rotatable bonds is 2. The second kappa shape index (κ2) is 4.21. The second-order valence-corrected chi connectivity index (χ2v) is 5.46. The quantitative estimate of drug-likeness (QED) is 0.732. The van der Waals surface area contributed by atoms with Crippen molar-refractivity contribution in [3.63, 3.8) is 0 Å². The van der Waals surface area contributed by atoms with Crippen LogP contribution in [-0.2, 0) is 0 Å². The summed E-state index contributed by atoms with van der Waals surface area (Å²) >= 11 is 0. The molecule has 1 aromatic rings. The van der Waals surface area contributed by atoms with E-state index in [0.29, 0.717) is 0 Å². The lowest BCUT2D eigenvalue weighted by atomic mass is 9.96. The molecule has 16 heavy (non-hydrogen) atoms. The van der Waals surface area contributed by atoms with Gasteiger partial charge in [0.05, 0.1) is 0 Å². The molecule has 86 valence electrons. The van der Waals surface area contributed by atoms with E-state index in [2.05, 4.69) is 42.3 Å². The maximum atomic E-state index is 2.59. The molecule has 1 saturated carbocycles. The van der Waals surface area contributed by atoms with Crippen molar-refractivity contribution in [3.05, 3.63) is 35.9 Å². The normalized spacial score (nSPS) is 34.9. The van der Waals surface area contributed by atoms with E-state index in [1.165, 1.54) is 32.2 Å². The van der Waals surface area contributed by atoms with Gasteiger partial charge in [-0.1, -0.05) is 36.8 Å². The molecule has 2 fully saturated rings. The van der Waals surface area contributed by atoms with Crippen LogP contribution in [0.3, 0.4) is 0 Å². The van der Waals surface area contributed by atoms with Crippen molar-refractivity contribution in [2.75, 3.05) is 13.6 Å². The zero-order chi connectivity index (χ0) is 11.0. The fourth-order valence-electron chi connectivity index (χ4n) is 3.37. The van der Waals surface area contributed by atoms with Gasteiger partial charge in [-0.05, 0) is 50.3 Å². The summed E-state index contributed by atoms with van der Waals surface area (Å²) in [7, 11) is 2.31. The molecule has 2 aliphatic rings. The Bertz CT molecular complexity index is 346. The summed E-state index contributed by atoms with van der Waals surface area (Å²) in [5.41, 5.74) is 1.56. The number of hydrogen-bond acceptors (Lipinski definition) is 1. The molecule has 0 N–H and O–H groups in total. The predicted molar refractivity (Wildman–Crippen MR) is 67.6 cm³/mol. The van der Waals surface area contributed by atoms with Crippen LogP contribution in [0.15, 0.2) is 30.3 Å². The van der Waals surface area contributed by atoms with Crippen LogP contribution in [0.5, 0.6) is 0 Å². The molecule has 3 atom stereocenters. The van der Waals surface area contributed by atoms with Crippen molar-refractivity contribution < 1.29 is 0 Å². The number of likely N-dealkylation sites (tertiary alicyclic amines) is 1. The van der Waals surface area contributed by atoms with Crippen LogP contribution in [0.1, 0.15) is 37.2 Å². The Labute approximate surface area is 98.5 Å². The number of hydrogen-bond donors (Lipinski definition) is 0. The van der Waals surface area contributed by atoms with E-state index >= 15 is 0 Å². The second-order valence-electron chi connectivity index (χ2n) is 5.46. The summed E-state index contributed by atoms with van der Waals surface area (Å²) in [6.07, 6.45) is 5.67. The van der Waals surface area contributed by atoms with Gasteiger partial charge in [-0.25, -0.2) is 0 Å². The predicted octanol–water partition coefficient (Wildman–Crippen LogP) is 3.27. The first-order chi connectivity index (χ1) is 7.86. The third-order valence-electron chi connectivity index (χ3n) is 4.39. The maximum Gasteiger partial charge on any atom is 0.0126 e. The van der Waals surface area contributed by atoms with Gasteiger partial charge in [0.15, 0.2) is 0 Å². The van der Waals surface area contributed by atoms with Crippen molar-refractivity contribution in [2.45, 2.75) is 37.6 Å². The van der Waals surface area contributed by atoms with E-state index < -0.39 is 0 Å². The molecule has 3 rings (SSSR count). The van der Waals surface area contributed by atoms with E-state index in [1.54, 1.807) is 5.56 Å². The van der Waals surface area contributed by atoms with Crippen LogP contribution in [0.25, 0.3) is 0 Å². The summed E-state index contributed by atoms with van der Waals surface area (Å²) < 4.78 is 0. The van der Waals surface area contributed by atoms with E-state index in [0.717, 1.165) is 17.9 Å². The Morgan fingerprint density at radius 3 is 2.69 bits per heavy atom. The zero-order valence-corrected chi connectivity index (χ0v) is 10.1. The molecule has 1 aliphatic carbocycles. The molecular weight excluding hydrogens is 194 g/mol. The monoisotopic (exact) mass is 215 g/mol. The molecule has 1 heteroatoms. The SMILES string of the molecule is CN1CCCCC1C1CC1c1ccccc1. The Balaban J connectivity index is 1.67. The van der Waals surface area contributed by atoms with Crippen LogP contribution >= 0.6 is 0 Å². The van der Waals surface area contributed by atoms with Crippen LogP contribution in [-0.4, -0.2) is 24.5 Å². The largest absolute Gasteiger partial charge is 0.303 e. The highest BCUT2D eigenvalue weighted by Crippen LogP contribution is 2.52. The van der Waals surface area contributed by atoms with Crippen LogP contribution in [0.2, 0.25) is 0 Å². The van der Waals surface area contributed by atoms with Crippen LogP contribution < -0.4 is 0 Å². The molecular formula is C15H21N. The highest BCUT2D eigenvalue weighted by atomic mass is 15.1. The van der Waals surface area contributed by atoms with Gasteiger partial charge in [-0.15, -0.1) is 0 Å². The summed E-state index contributed by atoms with van der Waals surface area (Å²) in [5.74, 6) is 1.79. The fraction of sp³-hybridized carbons (Fsp3) is 0.600. The highest BCUT2D eigenvalue weighted by molar-refractivity contribution is 5.26. The van der Waals surface area contributed by atoms with E-state index in [1.807, 2.05) is 0 Å². The Hall–Kier alpha value is -0.820. The highest BCUT2D eigenvalue weighted by Gasteiger charge is 2.45. The molecule has 3 unspecified atom stereocenters. The molecule has 0 bridgehead atoms. The average Bonchev–Trinajstić information content (AvgIpc) is 3.11. The molecule has 1 saturated heterocycles. The maximum absolute atomic E-state index is 2.59. The first-order valence-electron chi connectivity index (χ1n) is 6.61. The summed E-state index contributed by atoms with van der Waals surface area (Å²) in [5, 5.41) is 0. The Morgan fingerprint density at radius 2 is 1.94 bits per heavy atom. The van der Waals surface area contributed by atoms with Gasteiger partial charge in [0.1, 0.15) is 0 Å². The van der Waals surface area contributed by atoms with Crippen molar-refractivity contribution >= 4 is 0 Å². The van der Waals surface area contributed by atoms with Gasteiger partial charge >= 0.3 is 0 Å². The van der Waals surface area contributed by atoms with E-state index in [4.69, 9.17) is 0 Å². The molecule has 1 nitrogen and oxygen atoms in total. The minimum absolute atomic E-state index is 0.853. The van der Waals surface area contributed by atoms with Crippen molar-refractivity contribution in [1.29, 1.82) is 0 Å². The van der Waals surface area contributed by atoms with Gasteiger partial charge < -0.3 is 4.90 Å². The van der Waals surface area contributed by atoms with Crippen molar-refractivity contribution in [3.8, 4) is 0 Å². The Morgan fingerprint density at radius 1 is 1.12 bits per heavy atom. The lowest BCUT2D eigenvalue weighted by Crippen LogP contribution is -2.38. The third-order valence-corrected chi connectivity index (χ3v) is 4.39. The van der Waals surface area contributed by atoms with Gasteiger partial charge in [-0.3, -0.25) is 0 Å². The smallest absolute Gasteiger partial charge is 0.0126 e. The molecule has 1 aliphatic heterocycles. The molecule has 0 spiro atoms. The van der Waals surface area contributed by atoms with E-state index in [9.17, 15) is 0 Å². The lowest BCUT2D eigenvalue weighted by Gasteiger charge is -2.33. The van der Waals surface area contributed by atoms with Crippen LogP contribution in [0, 0.1) is 5.92 Å². The third kappa shape index (κ3) is 1.89. The molecule has 1 heterocycles. The van der Waals surface area contributed by atoms with Crippen molar-refractivity contribution in [1.82, 2.24) is 4.90 Å². The fourth-order valence-corrected chi connectivity index (χ4v) is 3.37. The zero-order valence-electron chi connectivity index (χ0n) is 10.1. The van der Waals surface area contributed by atoms with Gasteiger partial charge in [0.2, 0.25) is 0 Å². The summed E-state index contributed by atoms with van der Waals surface area (Å²) in [6, 6.07) is 11.9. The van der Waals surface area contributed by atoms with Crippen molar-refractivity contribution in [2.24, 2.45) is 5.92 Å². The number of nitrogens with zero attached hydrogens (tertiary/aromatic N) is 1. The summed E-state index contributed by atoms with van der Waals surface area (Å²) in [4.78, 5) is 2.59. The lowest BCUT2D eigenvalue weighted by molar-refractivity contribution is 0.163. The van der Waals surface area contributed by atoms with Crippen LogP contribution in [0.4, 0.5) is 0 Å². The number of piperidine rings is 1. The minimum atomic E-state index is 0.853. The first-order valence-corrected chi connectivity index (χ1v) is 6.61. The van der Waals surface area contributed by atoms with E-state index in [-0.39, 0.29) is 0 Å². The van der Waals surface area contributed by atoms with Gasteiger partial charge in [0, 0.05) is 6.04 Å².